The monoisotopic (exact) mass is 444 g/mol. The van der Waals surface area contributed by atoms with E-state index < -0.39 is 0 Å². The number of amides is 1. The van der Waals surface area contributed by atoms with E-state index in [9.17, 15) is 4.79 Å². The minimum absolute atomic E-state index is 0.0816. The van der Waals surface area contributed by atoms with Gasteiger partial charge in [0.15, 0.2) is 11.0 Å². The van der Waals surface area contributed by atoms with Crippen LogP contribution in [0.2, 0.25) is 0 Å². The van der Waals surface area contributed by atoms with Gasteiger partial charge in [0, 0.05) is 34.6 Å². The molecule has 0 unspecified atom stereocenters. The summed E-state index contributed by atoms with van der Waals surface area (Å²) in [4.78, 5) is 17.3. The summed E-state index contributed by atoms with van der Waals surface area (Å²) in [5.74, 6) is 1.54. The fourth-order valence-corrected chi connectivity index (χ4v) is 5.49. The molecular weight excluding hydrogens is 424 g/mol. The van der Waals surface area contributed by atoms with Gasteiger partial charge in [-0.3, -0.25) is 9.69 Å². The van der Waals surface area contributed by atoms with Gasteiger partial charge in [0.2, 0.25) is 5.91 Å². The standard InChI is InChI=1S/C24H20N4OS2/c1-27-23(17-9-3-2-4-10-17)25-26-24(27)30-16-15-22(29)28-18-11-5-7-13-20(18)31-21-14-8-6-12-19(21)28/h2-14H,15-16H2,1H3. The number of nitrogens with zero attached hydrogens (tertiary/aromatic N) is 4. The molecule has 1 aromatic heterocycles. The van der Waals surface area contributed by atoms with Crippen LogP contribution in [0.15, 0.2) is 93.8 Å². The third-order valence-corrected chi connectivity index (χ3v) is 7.25. The van der Waals surface area contributed by atoms with Gasteiger partial charge in [-0.15, -0.1) is 10.2 Å². The van der Waals surface area contributed by atoms with E-state index in [1.165, 1.54) is 0 Å². The van der Waals surface area contributed by atoms with Gasteiger partial charge in [0.1, 0.15) is 0 Å². The smallest absolute Gasteiger partial charge is 0.232 e. The van der Waals surface area contributed by atoms with Crippen LogP contribution < -0.4 is 4.90 Å². The summed E-state index contributed by atoms with van der Waals surface area (Å²) >= 11 is 3.26. The first-order valence-electron chi connectivity index (χ1n) is 9.99. The second kappa shape index (κ2) is 8.61. The predicted octanol–water partition coefficient (Wildman–Crippen LogP) is 5.79. The van der Waals surface area contributed by atoms with Crippen LogP contribution in [0.3, 0.4) is 0 Å². The topological polar surface area (TPSA) is 51.0 Å². The number of rotatable bonds is 5. The largest absolute Gasteiger partial charge is 0.305 e. The molecule has 3 aromatic carbocycles. The fourth-order valence-electron chi connectivity index (χ4n) is 3.59. The number of hydrogen-bond acceptors (Lipinski definition) is 5. The Morgan fingerprint density at radius 2 is 1.48 bits per heavy atom. The van der Waals surface area contributed by atoms with Crippen LogP contribution in [0.5, 0.6) is 0 Å². The quantitative estimate of drug-likeness (QED) is 0.365. The lowest BCUT2D eigenvalue weighted by molar-refractivity contribution is -0.117. The van der Waals surface area contributed by atoms with Gasteiger partial charge in [-0.1, -0.05) is 78.1 Å². The first-order valence-corrected chi connectivity index (χ1v) is 11.8. The Labute approximate surface area is 189 Å². The van der Waals surface area contributed by atoms with Crippen LogP contribution in [-0.4, -0.2) is 26.4 Å². The number of carbonyl (C=O) groups is 1. The van der Waals surface area contributed by atoms with Gasteiger partial charge < -0.3 is 4.57 Å². The van der Waals surface area contributed by atoms with Crippen molar-refractivity contribution in [2.75, 3.05) is 10.7 Å². The number of carbonyl (C=O) groups excluding carboxylic acids is 1. The summed E-state index contributed by atoms with van der Waals surface area (Å²) in [6.07, 6.45) is 0.408. The first kappa shape index (κ1) is 19.9. The van der Waals surface area contributed by atoms with E-state index >= 15 is 0 Å². The molecule has 0 aliphatic carbocycles. The Kier molecular flexibility index (Phi) is 5.53. The van der Waals surface area contributed by atoms with Crippen LogP contribution in [-0.2, 0) is 11.8 Å². The molecule has 7 heteroatoms. The molecule has 1 aliphatic heterocycles. The third kappa shape index (κ3) is 3.86. The molecule has 5 nitrogen and oxygen atoms in total. The fraction of sp³-hybridized carbons (Fsp3) is 0.125. The zero-order chi connectivity index (χ0) is 21.2. The maximum atomic E-state index is 13.3. The lowest BCUT2D eigenvalue weighted by atomic mass is 10.2. The summed E-state index contributed by atoms with van der Waals surface area (Å²) < 4.78 is 1.98. The Bertz CT molecular complexity index is 1190. The number of benzene rings is 3. The minimum atomic E-state index is 0.0816. The molecule has 31 heavy (non-hydrogen) atoms. The average Bonchev–Trinajstić information content (AvgIpc) is 3.18. The van der Waals surface area contributed by atoms with Crippen molar-refractivity contribution >= 4 is 40.8 Å². The number of thioether (sulfide) groups is 1. The summed E-state index contributed by atoms with van der Waals surface area (Å²) in [5.41, 5.74) is 2.93. The Hall–Kier alpha value is -3.03. The summed E-state index contributed by atoms with van der Waals surface area (Å²) in [7, 11) is 1.96. The number of anilines is 2. The number of para-hydroxylation sites is 2. The van der Waals surface area contributed by atoms with Crippen LogP contribution in [0.4, 0.5) is 11.4 Å². The van der Waals surface area contributed by atoms with Crippen molar-refractivity contribution in [2.45, 2.75) is 21.4 Å². The maximum Gasteiger partial charge on any atom is 0.232 e. The first-order chi connectivity index (χ1) is 15.2. The summed E-state index contributed by atoms with van der Waals surface area (Å²) in [5, 5.41) is 9.46. The molecule has 0 bridgehead atoms. The molecule has 154 valence electrons. The van der Waals surface area contributed by atoms with Crippen LogP contribution >= 0.6 is 23.5 Å². The van der Waals surface area contributed by atoms with Crippen LogP contribution in [0.25, 0.3) is 11.4 Å². The van der Waals surface area contributed by atoms with E-state index in [0.717, 1.165) is 37.7 Å². The van der Waals surface area contributed by atoms with Crippen LogP contribution in [0.1, 0.15) is 6.42 Å². The van der Waals surface area contributed by atoms with Crippen molar-refractivity contribution in [3.05, 3.63) is 78.9 Å². The second-order valence-corrected chi connectivity index (χ2v) is 9.24. The number of aromatic nitrogens is 3. The van der Waals surface area contributed by atoms with E-state index in [2.05, 4.69) is 22.3 Å². The van der Waals surface area contributed by atoms with E-state index in [-0.39, 0.29) is 5.91 Å². The van der Waals surface area contributed by atoms with Gasteiger partial charge in [-0.25, -0.2) is 0 Å². The highest BCUT2D eigenvalue weighted by atomic mass is 32.2. The zero-order valence-corrected chi connectivity index (χ0v) is 18.6. The molecule has 1 aliphatic rings. The van der Waals surface area contributed by atoms with Gasteiger partial charge in [-0.05, 0) is 24.3 Å². The third-order valence-electron chi connectivity index (χ3n) is 5.10. The van der Waals surface area contributed by atoms with E-state index in [1.54, 1.807) is 23.5 Å². The van der Waals surface area contributed by atoms with Gasteiger partial charge in [-0.2, -0.15) is 0 Å². The highest BCUT2D eigenvalue weighted by Crippen LogP contribution is 2.48. The van der Waals surface area contributed by atoms with E-state index in [1.807, 2.05) is 83.2 Å². The molecule has 4 aromatic rings. The summed E-state index contributed by atoms with van der Waals surface area (Å²) in [6.45, 7) is 0. The molecule has 0 spiro atoms. The minimum Gasteiger partial charge on any atom is -0.305 e. The highest BCUT2D eigenvalue weighted by Gasteiger charge is 2.27. The number of fused-ring (bicyclic) bond motifs is 2. The van der Waals surface area contributed by atoms with Crippen molar-refractivity contribution in [3.63, 3.8) is 0 Å². The van der Waals surface area contributed by atoms with Gasteiger partial charge >= 0.3 is 0 Å². The van der Waals surface area contributed by atoms with Crippen molar-refractivity contribution in [3.8, 4) is 11.4 Å². The molecule has 5 rings (SSSR count). The normalized spacial score (nSPS) is 12.4. The number of hydrogen-bond donors (Lipinski definition) is 0. The van der Waals surface area contributed by atoms with E-state index in [0.29, 0.717) is 12.2 Å². The maximum absolute atomic E-state index is 13.3. The predicted molar refractivity (Wildman–Crippen MR) is 126 cm³/mol. The van der Waals surface area contributed by atoms with Crippen molar-refractivity contribution in [1.82, 2.24) is 14.8 Å². The Morgan fingerprint density at radius 3 is 2.16 bits per heavy atom. The molecule has 0 saturated heterocycles. The van der Waals surface area contributed by atoms with Crippen molar-refractivity contribution in [1.29, 1.82) is 0 Å². The molecule has 0 fully saturated rings. The lowest BCUT2D eigenvalue weighted by Crippen LogP contribution is -2.28. The van der Waals surface area contributed by atoms with Gasteiger partial charge in [0.05, 0.1) is 11.4 Å². The van der Waals surface area contributed by atoms with Crippen molar-refractivity contribution < 1.29 is 4.79 Å². The van der Waals surface area contributed by atoms with Gasteiger partial charge in [0.25, 0.3) is 0 Å². The van der Waals surface area contributed by atoms with Crippen LogP contribution in [0, 0.1) is 0 Å². The molecule has 0 saturated carbocycles. The second-order valence-electron chi connectivity index (χ2n) is 7.10. The molecule has 0 atom stereocenters. The Balaban J connectivity index is 1.32. The molecule has 0 N–H and O–H groups in total. The Morgan fingerprint density at radius 1 is 0.871 bits per heavy atom. The summed E-state index contributed by atoms with van der Waals surface area (Å²) in [6, 6.07) is 26.1. The van der Waals surface area contributed by atoms with E-state index in [4.69, 9.17) is 0 Å². The van der Waals surface area contributed by atoms with Crippen molar-refractivity contribution in [2.24, 2.45) is 7.05 Å². The SMILES string of the molecule is Cn1c(SCCC(=O)N2c3ccccc3Sc3ccccc32)nnc1-c1ccccc1. The molecule has 2 heterocycles. The molecular formula is C24H20N4OS2. The highest BCUT2D eigenvalue weighted by molar-refractivity contribution is 7.99. The molecule has 0 radical (unpaired) electrons. The zero-order valence-electron chi connectivity index (χ0n) is 16.9. The molecule has 1 amide bonds. The lowest BCUT2D eigenvalue weighted by Gasteiger charge is -2.31. The average molecular weight is 445 g/mol.